The zero-order valence-electron chi connectivity index (χ0n) is 9.66. The summed E-state index contributed by atoms with van der Waals surface area (Å²) in [6, 6.07) is 0.885. The Morgan fingerprint density at radius 1 is 1.50 bits per heavy atom. The second-order valence-electron chi connectivity index (χ2n) is 4.36. The summed E-state index contributed by atoms with van der Waals surface area (Å²) in [5.41, 5.74) is 0. The molecule has 3 nitrogen and oxygen atoms in total. The zero-order valence-corrected chi connectivity index (χ0v) is 9.66. The molecule has 0 aliphatic carbocycles. The van der Waals surface area contributed by atoms with Gasteiger partial charge in [-0.1, -0.05) is 6.92 Å². The van der Waals surface area contributed by atoms with Crippen molar-refractivity contribution in [2.45, 2.75) is 51.8 Å². The fourth-order valence-corrected chi connectivity index (χ4v) is 2.04. The van der Waals surface area contributed by atoms with Crippen LogP contribution in [0.4, 0.5) is 0 Å². The molecule has 0 amide bonds. The van der Waals surface area contributed by atoms with Crippen LogP contribution in [-0.2, 0) is 0 Å². The molecular weight excluding hydrogens is 176 g/mol. The highest BCUT2D eigenvalue weighted by Gasteiger charge is 2.23. The van der Waals surface area contributed by atoms with E-state index in [0.717, 1.165) is 13.1 Å². The first-order valence-corrected chi connectivity index (χ1v) is 5.80. The van der Waals surface area contributed by atoms with Gasteiger partial charge in [0.05, 0.1) is 6.10 Å². The van der Waals surface area contributed by atoms with Gasteiger partial charge < -0.3 is 10.4 Å². The Hall–Kier alpha value is -0.120. The van der Waals surface area contributed by atoms with E-state index in [1.807, 2.05) is 13.8 Å². The molecule has 3 atom stereocenters. The molecule has 14 heavy (non-hydrogen) atoms. The molecule has 1 saturated heterocycles. The number of aliphatic hydroxyl groups excluding tert-OH is 1. The predicted molar refractivity (Wildman–Crippen MR) is 59.4 cm³/mol. The van der Waals surface area contributed by atoms with Gasteiger partial charge in [0.25, 0.3) is 0 Å². The molecule has 0 aromatic rings. The van der Waals surface area contributed by atoms with Crippen LogP contribution in [0.15, 0.2) is 0 Å². The Kier molecular flexibility index (Phi) is 4.85. The van der Waals surface area contributed by atoms with Crippen LogP contribution in [0.1, 0.15) is 33.6 Å². The van der Waals surface area contributed by atoms with Crippen LogP contribution < -0.4 is 5.32 Å². The van der Waals surface area contributed by atoms with Crippen molar-refractivity contribution < 1.29 is 5.11 Å². The molecule has 2 N–H and O–H groups in total. The van der Waals surface area contributed by atoms with E-state index in [1.54, 1.807) is 0 Å². The van der Waals surface area contributed by atoms with Gasteiger partial charge in [0.1, 0.15) is 0 Å². The quantitative estimate of drug-likeness (QED) is 0.690. The minimum absolute atomic E-state index is 0.203. The van der Waals surface area contributed by atoms with E-state index >= 15 is 0 Å². The summed E-state index contributed by atoms with van der Waals surface area (Å²) in [7, 11) is 0. The molecule has 1 heterocycles. The van der Waals surface area contributed by atoms with Gasteiger partial charge in [-0.15, -0.1) is 0 Å². The number of likely N-dealkylation sites (N-methyl/N-ethyl adjacent to an activating group) is 1. The lowest BCUT2D eigenvalue weighted by Crippen LogP contribution is -2.44. The Labute approximate surface area is 87.5 Å². The smallest absolute Gasteiger partial charge is 0.0662 e. The summed E-state index contributed by atoms with van der Waals surface area (Å²) in [6.45, 7) is 9.50. The SMILES string of the molecule is CCN1CCCC1CNC(C)C(C)O. The van der Waals surface area contributed by atoms with E-state index in [-0.39, 0.29) is 12.1 Å². The Balaban J connectivity index is 2.23. The summed E-state index contributed by atoms with van der Waals surface area (Å²) >= 11 is 0. The lowest BCUT2D eigenvalue weighted by atomic mass is 10.1. The monoisotopic (exact) mass is 200 g/mol. The maximum absolute atomic E-state index is 9.34. The molecule has 3 heteroatoms. The average molecular weight is 200 g/mol. The fourth-order valence-electron chi connectivity index (χ4n) is 2.04. The van der Waals surface area contributed by atoms with Gasteiger partial charge in [-0.25, -0.2) is 0 Å². The number of likely N-dealkylation sites (tertiary alicyclic amines) is 1. The Morgan fingerprint density at radius 3 is 2.79 bits per heavy atom. The number of hydrogen-bond acceptors (Lipinski definition) is 3. The van der Waals surface area contributed by atoms with Gasteiger partial charge >= 0.3 is 0 Å². The molecule has 0 aromatic heterocycles. The van der Waals surface area contributed by atoms with E-state index in [2.05, 4.69) is 17.1 Å². The molecule has 0 saturated carbocycles. The minimum Gasteiger partial charge on any atom is -0.392 e. The van der Waals surface area contributed by atoms with Crippen molar-refractivity contribution in [3.8, 4) is 0 Å². The molecule has 1 aliphatic rings. The molecule has 3 unspecified atom stereocenters. The molecule has 1 rings (SSSR count). The molecule has 84 valence electrons. The van der Waals surface area contributed by atoms with E-state index in [9.17, 15) is 5.11 Å². The van der Waals surface area contributed by atoms with Crippen molar-refractivity contribution in [1.29, 1.82) is 0 Å². The molecule has 0 bridgehead atoms. The van der Waals surface area contributed by atoms with E-state index < -0.39 is 0 Å². The van der Waals surface area contributed by atoms with Crippen LogP contribution in [-0.4, -0.2) is 47.8 Å². The van der Waals surface area contributed by atoms with Crippen molar-refractivity contribution >= 4 is 0 Å². The summed E-state index contributed by atoms with van der Waals surface area (Å²) in [5.74, 6) is 0. The highest BCUT2D eigenvalue weighted by atomic mass is 16.3. The highest BCUT2D eigenvalue weighted by Crippen LogP contribution is 2.15. The Bertz CT molecular complexity index is 161. The van der Waals surface area contributed by atoms with Gasteiger partial charge in [-0.2, -0.15) is 0 Å². The molecule has 0 spiro atoms. The third kappa shape index (κ3) is 3.23. The van der Waals surface area contributed by atoms with Crippen molar-refractivity contribution in [3.05, 3.63) is 0 Å². The second-order valence-corrected chi connectivity index (χ2v) is 4.36. The molecule has 0 radical (unpaired) electrons. The van der Waals surface area contributed by atoms with E-state index in [0.29, 0.717) is 6.04 Å². The molecular formula is C11H24N2O. The zero-order chi connectivity index (χ0) is 10.6. The third-order valence-corrected chi connectivity index (χ3v) is 3.30. The molecule has 1 fully saturated rings. The van der Waals surface area contributed by atoms with E-state index in [4.69, 9.17) is 0 Å². The van der Waals surface area contributed by atoms with Gasteiger partial charge in [-0.3, -0.25) is 4.90 Å². The van der Waals surface area contributed by atoms with Gasteiger partial charge in [0, 0.05) is 18.6 Å². The van der Waals surface area contributed by atoms with Crippen molar-refractivity contribution in [1.82, 2.24) is 10.2 Å². The van der Waals surface area contributed by atoms with Crippen LogP contribution in [0.25, 0.3) is 0 Å². The standard InChI is InChI=1S/C11H24N2O/c1-4-13-7-5-6-11(13)8-12-9(2)10(3)14/h9-12,14H,4-8H2,1-3H3. The van der Waals surface area contributed by atoms with Crippen LogP contribution in [0.3, 0.4) is 0 Å². The van der Waals surface area contributed by atoms with Crippen LogP contribution in [0.5, 0.6) is 0 Å². The van der Waals surface area contributed by atoms with Gasteiger partial charge in [0.2, 0.25) is 0 Å². The lowest BCUT2D eigenvalue weighted by Gasteiger charge is -2.25. The van der Waals surface area contributed by atoms with Crippen molar-refractivity contribution in [2.24, 2.45) is 0 Å². The van der Waals surface area contributed by atoms with E-state index in [1.165, 1.54) is 19.4 Å². The average Bonchev–Trinajstić information content (AvgIpc) is 2.60. The van der Waals surface area contributed by atoms with Crippen molar-refractivity contribution in [2.75, 3.05) is 19.6 Å². The topological polar surface area (TPSA) is 35.5 Å². The Morgan fingerprint density at radius 2 is 2.21 bits per heavy atom. The predicted octanol–water partition coefficient (Wildman–Crippen LogP) is 0.830. The first-order chi connectivity index (χ1) is 6.65. The van der Waals surface area contributed by atoms with Gasteiger partial charge in [-0.05, 0) is 39.8 Å². The third-order valence-electron chi connectivity index (χ3n) is 3.30. The number of nitrogens with zero attached hydrogens (tertiary/aromatic N) is 1. The van der Waals surface area contributed by atoms with Gasteiger partial charge in [0.15, 0.2) is 0 Å². The first kappa shape index (κ1) is 12.0. The number of hydrogen-bond donors (Lipinski definition) is 2. The normalized spacial score (nSPS) is 27.9. The largest absolute Gasteiger partial charge is 0.392 e. The van der Waals surface area contributed by atoms with Crippen LogP contribution in [0, 0.1) is 0 Å². The van der Waals surface area contributed by atoms with Crippen LogP contribution >= 0.6 is 0 Å². The molecule has 0 aromatic carbocycles. The fraction of sp³-hybridized carbons (Fsp3) is 1.00. The maximum Gasteiger partial charge on any atom is 0.0662 e. The number of rotatable bonds is 5. The number of aliphatic hydroxyl groups is 1. The van der Waals surface area contributed by atoms with Crippen LogP contribution in [0.2, 0.25) is 0 Å². The summed E-state index contributed by atoms with van der Waals surface area (Å²) in [6.07, 6.45) is 2.36. The minimum atomic E-state index is -0.258. The highest BCUT2D eigenvalue weighted by molar-refractivity contribution is 4.81. The molecule has 1 aliphatic heterocycles. The second kappa shape index (κ2) is 5.69. The maximum atomic E-state index is 9.34. The number of nitrogens with one attached hydrogen (secondary N) is 1. The summed E-state index contributed by atoms with van der Waals surface area (Å²) in [5, 5.41) is 12.7. The van der Waals surface area contributed by atoms with Crippen molar-refractivity contribution in [3.63, 3.8) is 0 Å². The first-order valence-electron chi connectivity index (χ1n) is 5.80. The summed E-state index contributed by atoms with van der Waals surface area (Å²) < 4.78 is 0. The summed E-state index contributed by atoms with van der Waals surface area (Å²) in [4.78, 5) is 2.52. The lowest BCUT2D eigenvalue weighted by molar-refractivity contribution is 0.145.